The standard InChI is InChI=1S/C24H28N4O2/c1-16-17(2)22(30-3)7-6-20(16)15-28-11-8-18(9-12-28)24-26-21(13-23(29)27-24)19-5-4-10-25-14-19/h4-7,10,13-14,18H,8-9,11-12,15H2,1-3H3,(H,26,27,29). The Hall–Kier alpha value is -2.99. The number of hydrogen-bond acceptors (Lipinski definition) is 5. The second-order valence-corrected chi connectivity index (χ2v) is 7.98. The molecule has 0 spiro atoms. The first-order valence-corrected chi connectivity index (χ1v) is 10.4. The minimum absolute atomic E-state index is 0.106. The molecule has 2 aromatic heterocycles. The number of pyridine rings is 1. The average Bonchev–Trinajstić information content (AvgIpc) is 2.78. The fraction of sp³-hybridized carbons (Fsp3) is 0.375. The van der Waals surface area contributed by atoms with Crippen LogP contribution in [0.2, 0.25) is 0 Å². The molecule has 6 nitrogen and oxygen atoms in total. The summed E-state index contributed by atoms with van der Waals surface area (Å²) in [5.41, 5.74) is 5.30. The van der Waals surface area contributed by atoms with Gasteiger partial charge in [0.1, 0.15) is 11.6 Å². The molecule has 0 bridgehead atoms. The fourth-order valence-corrected chi connectivity index (χ4v) is 4.18. The number of aromatic amines is 1. The van der Waals surface area contributed by atoms with Crippen molar-refractivity contribution < 1.29 is 4.74 Å². The number of methoxy groups -OCH3 is 1. The molecule has 0 aliphatic carbocycles. The van der Waals surface area contributed by atoms with Gasteiger partial charge in [-0.25, -0.2) is 4.98 Å². The number of piperidine rings is 1. The van der Waals surface area contributed by atoms with E-state index in [9.17, 15) is 4.79 Å². The third kappa shape index (κ3) is 4.28. The number of ether oxygens (including phenoxy) is 1. The van der Waals surface area contributed by atoms with E-state index >= 15 is 0 Å². The summed E-state index contributed by atoms with van der Waals surface area (Å²) in [6.07, 6.45) is 5.42. The van der Waals surface area contributed by atoms with Crippen molar-refractivity contribution in [2.45, 2.75) is 39.2 Å². The number of H-pyrrole nitrogens is 1. The van der Waals surface area contributed by atoms with Crippen LogP contribution in [0.4, 0.5) is 0 Å². The SMILES string of the molecule is COc1ccc(CN2CCC(c3nc(-c4cccnc4)cc(=O)[nH]3)CC2)c(C)c1C. The lowest BCUT2D eigenvalue weighted by Gasteiger charge is -2.32. The van der Waals surface area contributed by atoms with E-state index in [0.717, 1.165) is 49.6 Å². The zero-order valence-electron chi connectivity index (χ0n) is 17.8. The van der Waals surface area contributed by atoms with Crippen molar-refractivity contribution in [3.05, 3.63) is 75.6 Å². The second-order valence-electron chi connectivity index (χ2n) is 7.98. The first-order chi connectivity index (χ1) is 14.5. The molecular formula is C24H28N4O2. The Morgan fingerprint density at radius 3 is 2.67 bits per heavy atom. The quantitative estimate of drug-likeness (QED) is 0.700. The van der Waals surface area contributed by atoms with Crippen molar-refractivity contribution in [3.8, 4) is 17.0 Å². The third-order valence-corrected chi connectivity index (χ3v) is 6.16. The fourth-order valence-electron chi connectivity index (χ4n) is 4.18. The molecule has 1 aromatic carbocycles. The van der Waals surface area contributed by atoms with Crippen LogP contribution < -0.4 is 10.3 Å². The summed E-state index contributed by atoms with van der Waals surface area (Å²) in [6.45, 7) is 7.18. The zero-order valence-corrected chi connectivity index (χ0v) is 17.8. The van der Waals surface area contributed by atoms with Gasteiger partial charge in [0, 0.05) is 36.5 Å². The molecule has 1 aliphatic rings. The molecule has 0 amide bonds. The first kappa shape index (κ1) is 20.3. The molecule has 3 aromatic rings. The maximum Gasteiger partial charge on any atom is 0.251 e. The maximum atomic E-state index is 12.2. The third-order valence-electron chi connectivity index (χ3n) is 6.16. The van der Waals surface area contributed by atoms with Crippen LogP contribution in [0.25, 0.3) is 11.3 Å². The highest BCUT2D eigenvalue weighted by Crippen LogP contribution is 2.29. The number of likely N-dealkylation sites (tertiary alicyclic amines) is 1. The number of hydrogen-bond donors (Lipinski definition) is 1. The van der Waals surface area contributed by atoms with Crippen LogP contribution >= 0.6 is 0 Å². The summed E-state index contributed by atoms with van der Waals surface area (Å²) in [5, 5.41) is 0. The van der Waals surface area contributed by atoms with Gasteiger partial charge in [0.25, 0.3) is 5.56 Å². The lowest BCUT2D eigenvalue weighted by atomic mass is 9.94. The van der Waals surface area contributed by atoms with Gasteiger partial charge in [-0.15, -0.1) is 0 Å². The van der Waals surface area contributed by atoms with E-state index in [1.165, 1.54) is 16.7 Å². The van der Waals surface area contributed by atoms with Gasteiger partial charge >= 0.3 is 0 Å². The summed E-state index contributed by atoms with van der Waals surface area (Å²) < 4.78 is 5.43. The normalized spacial score (nSPS) is 15.3. The van der Waals surface area contributed by atoms with Crippen LogP contribution in [0.3, 0.4) is 0 Å². The molecule has 156 valence electrons. The molecule has 1 aliphatic heterocycles. The van der Waals surface area contributed by atoms with Gasteiger partial charge in [-0.05, 0) is 74.7 Å². The Morgan fingerprint density at radius 2 is 1.97 bits per heavy atom. The van der Waals surface area contributed by atoms with Crippen LogP contribution in [0, 0.1) is 13.8 Å². The van der Waals surface area contributed by atoms with Gasteiger partial charge in [0.05, 0.1) is 12.8 Å². The van der Waals surface area contributed by atoms with Crippen molar-refractivity contribution in [3.63, 3.8) is 0 Å². The highest BCUT2D eigenvalue weighted by Gasteiger charge is 2.23. The second kappa shape index (κ2) is 8.79. The predicted octanol–water partition coefficient (Wildman–Crippen LogP) is 3.84. The number of benzene rings is 1. The molecule has 6 heteroatoms. The molecule has 30 heavy (non-hydrogen) atoms. The zero-order chi connectivity index (χ0) is 21.1. The predicted molar refractivity (Wildman–Crippen MR) is 118 cm³/mol. The maximum absolute atomic E-state index is 12.2. The van der Waals surface area contributed by atoms with Gasteiger partial charge in [-0.3, -0.25) is 14.7 Å². The molecule has 1 saturated heterocycles. The average molecular weight is 405 g/mol. The molecule has 3 heterocycles. The first-order valence-electron chi connectivity index (χ1n) is 10.4. The summed E-state index contributed by atoms with van der Waals surface area (Å²) >= 11 is 0. The van der Waals surface area contributed by atoms with E-state index in [0.29, 0.717) is 5.69 Å². The molecule has 0 radical (unpaired) electrons. The van der Waals surface area contributed by atoms with Crippen LogP contribution in [0.5, 0.6) is 5.75 Å². The van der Waals surface area contributed by atoms with Crippen LogP contribution in [-0.2, 0) is 6.54 Å². The van der Waals surface area contributed by atoms with E-state index < -0.39 is 0 Å². The van der Waals surface area contributed by atoms with Crippen molar-refractivity contribution in [1.82, 2.24) is 19.9 Å². The molecule has 1 fully saturated rings. The molecule has 0 saturated carbocycles. The van der Waals surface area contributed by atoms with Gasteiger partial charge in [-0.2, -0.15) is 0 Å². The molecule has 4 rings (SSSR count). The van der Waals surface area contributed by atoms with Crippen molar-refractivity contribution in [1.29, 1.82) is 0 Å². The highest BCUT2D eigenvalue weighted by molar-refractivity contribution is 5.57. The Kier molecular flexibility index (Phi) is 5.95. The topological polar surface area (TPSA) is 71.1 Å². The Balaban J connectivity index is 1.45. The Labute approximate surface area is 177 Å². The smallest absolute Gasteiger partial charge is 0.251 e. The molecular weight excluding hydrogens is 376 g/mol. The summed E-state index contributed by atoms with van der Waals surface area (Å²) in [6, 6.07) is 9.57. The van der Waals surface area contributed by atoms with Gasteiger partial charge in [0.15, 0.2) is 0 Å². The van der Waals surface area contributed by atoms with Crippen molar-refractivity contribution in [2.24, 2.45) is 0 Å². The van der Waals surface area contributed by atoms with Crippen LogP contribution in [0.15, 0.2) is 47.5 Å². The summed E-state index contributed by atoms with van der Waals surface area (Å²) in [7, 11) is 1.72. The van der Waals surface area contributed by atoms with Crippen LogP contribution in [-0.4, -0.2) is 40.1 Å². The largest absolute Gasteiger partial charge is 0.496 e. The lowest BCUT2D eigenvalue weighted by molar-refractivity contribution is 0.201. The number of rotatable bonds is 5. The highest BCUT2D eigenvalue weighted by atomic mass is 16.5. The monoisotopic (exact) mass is 404 g/mol. The van der Waals surface area contributed by atoms with Crippen LogP contribution in [0.1, 0.15) is 41.3 Å². The van der Waals surface area contributed by atoms with Crippen molar-refractivity contribution >= 4 is 0 Å². The minimum Gasteiger partial charge on any atom is -0.496 e. The lowest BCUT2D eigenvalue weighted by Crippen LogP contribution is -2.33. The number of aromatic nitrogens is 3. The molecule has 0 unspecified atom stereocenters. The molecule has 0 atom stereocenters. The van der Waals surface area contributed by atoms with Gasteiger partial charge in [-0.1, -0.05) is 6.07 Å². The van der Waals surface area contributed by atoms with E-state index in [1.807, 2.05) is 12.1 Å². The van der Waals surface area contributed by atoms with E-state index in [2.05, 4.69) is 40.8 Å². The minimum atomic E-state index is -0.106. The number of nitrogens with zero attached hydrogens (tertiary/aromatic N) is 3. The van der Waals surface area contributed by atoms with E-state index in [-0.39, 0.29) is 11.5 Å². The Morgan fingerprint density at radius 1 is 1.17 bits per heavy atom. The summed E-state index contributed by atoms with van der Waals surface area (Å²) in [5.74, 6) is 2.00. The summed E-state index contributed by atoms with van der Waals surface area (Å²) in [4.78, 5) is 26.6. The van der Waals surface area contributed by atoms with Gasteiger partial charge in [0.2, 0.25) is 0 Å². The van der Waals surface area contributed by atoms with E-state index in [1.54, 1.807) is 25.6 Å². The number of nitrogens with one attached hydrogen (secondary N) is 1. The molecule has 1 N–H and O–H groups in total. The van der Waals surface area contributed by atoms with E-state index in [4.69, 9.17) is 9.72 Å². The Bertz CT molecular complexity index is 1070. The van der Waals surface area contributed by atoms with Gasteiger partial charge < -0.3 is 9.72 Å². The van der Waals surface area contributed by atoms with Crippen molar-refractivity contribution in [2.75, 3.05) is 20.2 Å².